The van der Waals surface area contributed by atoms with Crippen LogP contribution in [0.25, 0.3) is 0 Å². The molecule has 174 valence electrons. The summed E-state index contributed by atoms with van der Waals surface area (Å²) in [6.07, 6.45) is 16.8. The second-order valence-corrected chi connectivity index (χ2v) is 11.4. The maximum atomic E-state index is 3.84. The van der Waals surface area contributed by atoms with Crippen LogP contribution < -0.4 is 5.32 Å². The second-order valence-electron chi connectivity index (χ2n) is 11.4. The van der Waals surface area contributed by atoms with E-state index in [4.69, 9.17) is 0 Å². The third-order valence-electron chi connectivity index (χ3n) is 8.69. The van der Waals surface area contributed by atoms with Gasteiger partial charge in [-0.05, 0) is 86.5 Å². The van der Waals surface area contributed by atoms with Gasteiger partial charge in [0.25, 0.3) is 0 Å². The minimum Gasteiger partial charge on any atom is -0.314 e. The van der Waals surface area contributed by atoms with E-state index < -0.39 is 0 Å². The Morgan fingerprint density at radius 2 is 1.52 bits per heavy atom. The molecule has 1 nitrogen and oxygen atoms in total. The molecule has 6 unspecified atom stereocenters. The van der Waals surface area contributed by atoms with Crippen LogP contribution in [0.15, 0.2) is 0 Å². The zero-order chi connectivity index (χ0) is 21.9. The average Bonchev–Trinajstić information content (AvgIpc) is 3.14. The van der Waals surface area contributed by atoms with Crippen LogP contribution in [0.4, 0.5) is 0 Å². The van der Waals surface area contributed by atoms with Gasteiger partial charge in [-0.1, -0.05) is 87.5 Å². The van der Waals surface area contributed by atoms with Crippen LogP contribution in [0.5, 0.6) is 0 Å². The molecule has 0 heterocycles. The van der Waals surface area contributed by atoms with Crippen molar-refractivity contribution in [2.75, 3.05) is 6.54 Å². The molecule has 0 bridgehead atoms. The molecule has 1 heteroatoms. The number of nitrogens with one attached hydrogen (secondary N) is 1. The van der Waals surface area contributed by atoms with Crippen molar-refractivity contribution in [3.63, 3.8) is 0 Å². The fraction of sp³-hybridized carbons (Fsp3) is 1.00. The monoisotopic (exact) mass is 407 g/mol. The first-order chi connectivity index (χ1) is 13.8. The molecule has 6 atom stereocenters. The molecule has 0 aliphatic heterocycles. The Hall–Kier alpha value is -0.0400. The number of unbranched alkanes of at least 4 members (excludes halogenated alkanes) is 2. The Labute approximate surface area is 185 Å². The minimum absolute atomic E-state index is 0.502. The maximum Gasteiger partial charge on any atom is 0.00699 e. The van der Waals surface area contributed by atoms with E-state index >= 15 is 0 Å². The Bertz CT molecular complexity index is 403. The number of rotatable bonds is 16. The van der Waals surface area contributed by atoms with E-state index in [2.05, 4.69) is 60.7 Å². The van der Waals surface area contributed by atoms with Gasteiger partial charge in [-0.25, -0.2) is 0 Å². The van der Waals surface area contributed by atoms with Gasteiger partial charge in [-0.15, -0.1) is 0 Å². The molecule has 29 heavy (non-hydrogen) atoms. The summed E-state index contributed by atoms with van der Waals surface area (Å²) in [4.78, 5) is 0. The molecule has 1 N–H and O–H groups in total. The standard InChI is InChI=1S/C28H57N/c1-9-12-14-23(6)28(8,21-22(4)5)24(7)15-16-25(11-3)26-17-18-27(20-26)29-19-13-10-2/h22-27,29H,9-21H2,1-8H3. The zero-order valence-corrected chi connectivity index (χ0v) is 21.7. The van der Waals surface area contributed by atoms with Gasteiger partial charge in [-0.2, -0.15) is 0 Å². The highest BCUT2D eigenvalue weighted by Crippen LogP contribution is 2.46. The van der Waals surface area contributed by atoms with Gasteiger partial charge in [0.1, 0.15) is 0 Å². The molecule has 1 rings (SSSR count). The van der Waals surface area contributed by atoms with Crippen LogP contribution in [0, 0.1) is 35.0 Å². The molecule has 0 radical (unpaired) electrons. The van der Waals surface area contributed by atoms with Crippen LogP contribution >= 0.6 is 0 Å². The molecule has 0 saturated heterocycles. The van der Waals surface area contributed by atoms with Crippen molar-refractivity contribution in [2.24, 2.45) is 35.0 Å². The Kier molecular flexibility index (Phi) is 13.1. The van der Waals surface area contributed by atoms with E-state index in [1.165, 1.54) is 83.6 Å². The topological polar surface area (TPSA) is 12.0 Å². The van der Waals surface area contributed by atoms with Crippen molar-refractivity contribution in [1.29, 1.82) is 0 Å². The lowest BCUT2D eigenvalue weighted by Crippen LogP contribution is -2.35. The molecule has 0 spiro atoms. The summed E-state index contributed by atoms with van der Waals surface area (Å²) in [5.74, 6) is 4.41. The van der Waals surface area contributed by atoms with Crippen molar-refractivity contribution in [3.8, 4) is 0 Å². The van der Waals surface area contributed by atoms with E-state index in [1.807, 2.05) is 0 Å². The molecule has 0 aromatic heterocycles. The van der Waals surface area contributed by atoms with Crippen molar-refractivity contribution in [3.05, 3.63) is 0 Å². The van der Waals surface area contributed by atoms with Crippen LogP contribution in [0.1, 0.15) is 132 Å². The summed E-state index contributed by atoms with van der Waals surface area (Å²) in [5.41, 5.74) is 0.502. The van der Waals surface area contributed by atoms with E-state index in [0.717, 1.165) is 35.6 Å². The van der Waals surface area contributed by atoms with E-state index in [9.17, 15) is 0 Å². The summed E-state index contributed by atoms with van der Waals surface area (Å²) < 4.78 is 0. The third-order valence-corrected chi connectivity index (χ3v) is 8.69. The van der Waals surface area contributed by atoms with E-state index in [1.54, 1.807) is 0 Å². The lowest BCUT2D eigenvalue weighted by atomic mass is 9.62. The number of hydrogen-bond donors (Lipinski definition) is 1. The quantitative estimate of drug-likeness (QED) is 0.252. The Morgan fingerprint density at radius 3 is 2.10 bits per heavy atom. The lowest BCUT2D eigenvalue weighted by Gasteiger charge is -2.43. The van der Waals surface area contributed by atoms with Gasteiger partial charge < -0.3 is 5.32 Å². The van der Waals surface area contributed by atoms with Crippen LogP contribution in [-0.2, 0) is 0 Å². The molecule has 1 aliphatic rings. The average molecular weight is 408 g/mol. The normalized spacial score (nSPS) is 25.1. The highest BCUT2D eigenvalue weighted by Gasteiger charge is 2.37. The Morgan fingerprint density at radius 1 is 0.862 bits per heavy atom. The second kappa shape index (κ2) is 14.1. The zero-order valence-electron chi connectivity index (χ0n) is 21.7. The van der Waals surface area contributed by atoms with Gasteiger partial charge in [0.05, 0.1) is 0 Å². The summed E-state index contributed by atoms with van der Waals surface area (Å²) in [6, 6.07) is 0.804. The van der Waals surface area contributed by atoms with Crippen molar-refractivity contribution < 1.29 is 0 Å². The number of hydrogen-bond acceptors (Lipinski definition) is 1. The smallest absolute Gasteiger partial charge is 0.00699 e. The van der Waals surface area contributed by atoms with Crippen molar-refractivity contribution >= 4 is 0 Å². The SMILES string of the molecule is CCCCNC1CCC(C(CC)CCC(C)C(C)(CC(C)C)C(C)CCCC)C1. The van der Waals surface area contributed by atoms with Gasteiger partial charge in [0.2, 0.25) is 0 Å². The van der Waals surface area contributed by atoms with Gasteiger partial charge >= 0.3 is 0 Å². The maximum absolute atomic E-state index is 3.84. The summed E-state index contributed by atoms with van der Waals surface area (Å²) >= 11 is 0. The van der Waals surface area contributed by atoms with Gasteiger partial charge in [0, 0.05) is 6.04 Å². The predicted molar refractivity (Wildman–Crippen MR) is 132 cm³/mol. The molecule has 0 aromatic rings. The minimum atomic E-state index is 0.502. The van der Waals surface area contributed by atoms with E-state index in [0.29, 0.717) is 5.41 Å². The molecule has 0 amide bonds. The van der Waals surface area contributed by atoms with Crippen LogP contribution in [-0.4, -0.2) is 12.6 Å². The summed E-state index contributed by atoms with van der Waals surface area (Å²) in [5, 5.41) is 3.84. The Balaban J connectivity index is 2.61. The molecule has 1 fully saturated rings. The summed E-state index contributed by atoms with van der Waals surface area (Å²) in [7, 11) is 0. The molecular weight excluding hydrogens is 350 g/mol. The highest BCUT2D eigenvalue weighted by atomic mass is 14.9. The van der Waals surface area contributed by atoms with E-state index in [-0.39, 0.29) is 0 Å². The van der Waals surface area contributed by atoms with Crippen LogP contribution in [0.3, 0.4) is 0 Å². The van der Waals surface area contributed by atoms with Gasteiger partial charge in [0.15, 0.2) is 0 Å². The van der Waals surface area contributed by atoms with Gasteiger partial charge in [-0.3, -0.25) is 0 Å². The molecule has 1 aliphatic carbocycles. The molecule has 1 saturated carbocycles. The fourth-order valence-corrected chi connectivity index (χ4v) is 6.29. The third kappa shape index (κ3) is 8.92. The molecule has 0 aromatic carbocycles. The molecular formula is C28H57N. The largest absolute Gasteiger partial charge is 0.314 e. The van der Waals surface area contributed by atoms with Crippen LogP contribution in [0.2, 0.25) is 0 Å². The first-order valence-electron chi connectivity index (χ1n) is 13.5. The lowest BCUT2D eigenvalue weighted by molar-refractivity contribution is 0.0641. The summed E-state index contributed by atoms with van der Waals surface area (Å²) in [6.45, 7) is 20.9. The first kappa shape index (κ1) is 27.0. The fourth-order valence-electron chi connectivity index (χ4n) is 6.29. The highest BCUT2D eigenvalue weighted by molar-refractivity contribution is 4.88. The van der Waals surface area contributed by atoms with Crippen molar-refractivity contribution in [2.45, 2.75) is 138 Å². The van der Waals surface area contributed by atoms with Crippen molar-refractivity contribution in [1.82, 2.24) is 5.32 Å². The first-order valence-corrected chi connectivity index (χ1v) is 13.5. The predicted octanol–water partition coefficient (Wildman–Crippen LogP) is 8.87.